The molecule has 0 atom stereocenters. The second-order valence-corrected chi connectivity index (χ2v) is 7.99. The Morgan fingerprint density at radius 2 is 1.44 bits per heavy atom. The summed E-state index contributed by atoms with van der Waals surface area (Å²) in [6, 6.07) is 29.1. The molecule has 0 saturated carbocycles. The smallest absolute Gasteiger partial charge is 0.239 e. The highest BCUT2D eigenvalue weighted by Gasteiger charge is 2.17. The first-order valence-corrected chi connectivity index (χ1v) is 11.1. The lowest BCUT2D eigenvalue weighted by molar-refractivity contribution is 0.846. The van der Waals surface area contributed by atoms with Gasteiger partial charge in [0, 0.05) is 17.8 Å². The van der Waals surface area contributed by atoms with E-state index in [9.17, 15) is 0 Å². The standard InChI is InChI=1S/C27H21N7/c1-3-9-19(10-4-1)22(20-11-5-2-6-12-20)15-29-25-21-13-7-8-14-23(21)32-27(33-25)34-18-31-24-16-28-17-30-26(24)34/h1-14,16-18,22H,15H2,(H,29,32,33). The van der Waals surface area contributed by atoms with Crippen LogP contribution in [0.2, 0.25) is 0 Å². The summed E-state index contributed by atoms with van der Waals surface area (Å²) in [5.41, 5.74) is 4.71. The Morgan fingerprint density at radius 3 is 2.21 bits per heavy atom. The van der Waals surface area contributed by atoms with E-state index in [2.05, 4.69) is 68.8 Å². The van der Waals surface area contributed by atoms with Crippen LogP contribution in [0.5, 0.6) is 0 Å². The maximum Gasteiger partial charge on any atom is 0.239 e. The van der Waals surface area contributed by atoms with Crippen molar-refractivity contribution in [1.29, 1.82) is 0 Å². The molecule has 0 amide bonds. The normalized spacial score (nSPS) is 11.3. The largest absolute Gasteiger partial charge is 0.368 e. The highest BCUT2D eigenvalue weighted by Crippen LogP contribution is 2.27. The molecule has 0 aliphatic carbocycles. The van der Waals surface area contributed by atoms with Crippen molar-refractivity contribution in [2.45, 2.75) is 5.92 Å². The van der Waals surface area contributed by atoms with E-state index >= 15 is 0 Å². The van der Waals surface area contributed by atoms with Gasteiger partial charge in [-0.25, -0.2) is 19.9 Å². The molecule has 0 radical (unpaired) electrons. The molecule has 0 unspecified atom stereocenters. The molecule has 164 valence electrons. The predicted octanol–water partition coefficient (Wildman–Crippen LogP) is 5.00. The molecule has 0 aliphatic rings. The highest BCUT2D eigenvalue weighted by molar-refractivity contribution is 5.89. The van der Waals surface area contributed by atoms with Crippen LogP contribution in [-0.2, 0) is 0 Å². The third kappa shape index (κ3) is 3.73. The lowest BCUT2D eigenvalue weighted by atomic mass is 9.91. The van der Waals surface area contributed by atoms with E-state index in [-0.39, 0.29) is 5.92 Å². The summed E-state index contributed by atoms with van der Waals surface area (Å²) in [4.78, 5) is 22.5. The molecule has 7 heteroatoms. The number of rotatable bonds is 6. The first-order valence-electron chi connectivity index (χ1n) is 11.1. The maximum atomic E-state index is 4.89. The molecule has 6 aromatic rings. The van der Waals surface area contributed by atoms with Gasteiger partial charge in [0.25, 0.3) is 0 Å². The summed E-state index contributed by atoms with van der Waals surface area (Å²) in [6.45, 7) is 0.682. The van der Waals surface area contributed by atoms with Crippen molar-refractivity contribution in [3.05, 3.63) is 115 Å². The summed E-state index contributed by atoms with van der Waals surface area (Å²) < 4.78 is 1.79. The lowest BCUT2D eigenvalue weighted by Gasteiger charge is -2.20. The Bertz CT molecular complexity index is 1520. The van der Waals surface area contributed by atoms with E-state index < -0.39 is 0 Å². The van der Waals surface area contributed by atoms with Gasteiger partial charge in [0.05, 0.1) is 11.7 Å². The van der Waals surface area contributed by atoms with Crippen LogP contribution >= 0.6 is 0 Å². The van der Waals surface area contributed by atoms with Crippen LogP contribution in [0.15, 0.2) is 104 Å². The van der Waals surface area contributed by atoms with Gasteiger partial charge in [0.15, 0.2) is 5.65 Å². The van der Waals surface area contributed by atoms with Crippen molar-refractivity contribution in [2.24, 2.45) is 0 Å². The third-order valence-electron chi connectivity index (χ3n) is 5.90. The van der Waals surface area contributed by atoms with E-state index in [0.29, 0.717) is 23.7 Å². The molecule has 0 bridgehead atoms. The molecule has 3 heterocycles. The minimum atomic E-state index is 0.168. The van der Waals surface area contributed by atoms with Crippen LogP contribution in [0.3, 0.4) is 0 Å². The fourth-order valence-corrected chi connectivity index (χ4v) is 4.22. The molecule has 1 N–H and O–H groups in total. The van der Waals surface area contributed by atoms with Crippen LogP contribution < -0.4 is 5.32 Å². The maximum absolute atomic E-state index is 4.89. The summed E-state index contributed by atoms with van der Waals surface area (Å²) in [5, 5.41) is 4.58. The molecule has 0 aliphatic heterocycles. The quantitative estimate of drug-likeness (QED) is 0.390. The number of nitrogens with zero attached hydrogens (tertiary/aromatic N) is 6. The van der Waals surface area contributed by atoms with Crippen molar-refractivity contribution in [2.75, 3.05) is 11.9 Å². The van der Waals surface area contributed by atoms with Crippen LogP contribution in [0, 0.1) is 0 Å². The van der Waals surface area contributed by atoms with Crippen molar-refractivity contribution in [3.63, 3.8) is 0 Å². The summed E-state index contributed by atoms with van der Waals surface area (Å²) in [5.74, 6) is 1.45. The number of anilines is 1. The first-order chi connectivity index (χ1) is 16.9. The zero-order valence-electron chi connectivity index (χ0n) is 18.3. The van der Waals surface area contributed by atoms with Crippen LogP contribution in [0.1, 0.15) is 17.0 Å². The first kappa shape index (κ1) is 20.0. The second kappa shape index (κ2) is 8.71. The molecule has 7 nitrogen and oxygen atoms in total. The van der Waals surface area contributed by atoms with E-state index in [4.69, 9.17) is 9.97 Å². The zero-order chi connectivity index (χ0) is 22.7. The van der Waals surface area contributed by atoms with Gasteiger partial charge in [-0.1, -0.05) is 72.8 Å². The molecule has 6 rings (SSSR count). The number of fused-ring (bicyclic) bond motifs is 2. The Morgan fingerprint density at radius 1 is 0.735 bits per heavy atom. The van der Waals surface area contributed by atoms with Crippen molar-refractivity contribution in [3.8, 4) is 5.95 Å². The molecular formula is C27H21N7. The van der Waals surface area contributed by atoms with E-state index in [1.165, 1.54) is 17.5 Å². The molecule has 3 aromatic carbocycles. The van der Waals surface area contributed by atoms with Crippen molar-refractivity contribution >= 4 is 27.9 Å². The van der Waals surface area contributed by atoms with Crippen molar-refractivity contribution in [1.82, 2.24) is 29.5 Å². The van der Waals surface area contributed by atoms with E-state index in [1.807, 2.05) is 36.4 Å². The second-order valence-electron chi connectivity index (χ2n) is 7.99. The number of hydrogen-bond acceptors (Lipinski definition) is 6. The van der Waals surface area contributed by atoms with Gasteiger partial charge in [0.2, 0.25) is 5.95 Å². The number of aromatic nitrogens is 6. The number of hydrogen-bond donors (Lipinski definition) is 1. The van der Waals surface area contributed by atoms with E-state index in [1.54, 1.807) is 17.1 Å². The van der Waals surface area contributed by atoms with Crippen LogP contribution in [-0.4, -0.2) is 36.0 Å². The molecular weight excluding hydrogens is 422 g/mol. The summed E-state index contributed by atoms with van der Waals surface area (Å²) >= 11 is 0. The summed E-state index contributed by atoms with van der Waals surface area (Å²) in [6.07, 6.45) is 4.87. The van der Waals surface area contributed by atoms with E-state index in [0.717, 1.165) is 16.7 Å². The molecule has 0 fully saturated rings. The Kier molecular flexibility index (Phi) is 5.12. The number of imidazole rings is 1. The monoisotopic (exact) mass is 443 g/mol. The van der Waals surface area contributed by atoms with Gasteiger partial charge in [0.1, 0.15) is 24.0 Å². The fourth-order valence-electron chi connectivity index (χ4n) is 4.22. The zero-order valence-corrected chi connectivity index (χ0v) is 18.3. The minimum absolute atomic E-state index is 0.168. The summed E-state index contributed by atoms with van der Waals surface area (Å²) in [7, 11) is 0. The molecule has 3 aromatic heterocycles. The van der Waals surface area contributed by atoms with Crippen LogP contribution in [0.25, 0.3) is 28.0 Å². The number of benzene rings is 3. The SMILES string of the molecule is c1ccc(C(CNc2nc(-n3cnc4cncnc43)nc3ccccc23)c2ccccc2)cc1. The topological polar surface area (TPSA) is 81.4 Å². The average molecular weight is 444 g/mol. The Balaban J connectivity index is 1.42. The van der Waals surface area contributed by atoms with Gasteiger partial charge in [-0.3, -0.25) is 4.57 Å². The van der Waals surface area contributed by atoms with Gasteiger partial charge in [-0.05, 0) is 23.3 Å². The molecule has 34 heavy (non-hydrogen) atoms. The Labute approximate surface area is 196 Å². The average Bonchev–Trinajstić information content (AvgIpc) is 3.34. The third-order valence-corrected chi connectivity index (χ3v) is 5.90. The molecule has 0 spiro atoms. The highest BCUT2D eigenvalue weighted by atomic mass is 15.2. The number of nitrogens with one attached hydrogen (secondary N) is 1. The predicted molar refractivity (Wildman–Crippen MR) is 133 cm³/mol. The van der Waals surface area contributed by atoms with Gasteiger partial charge in [-0.15, -0.1) is 0 Å². The lowest BCUT2D eigenvalue weighted by Crippen LogP contribution is -2.16. The van der Waals surface area contributed by atoms with Crippen molar-refractivity contribution < 1.29 is 0 Å². The number of para-hydroxylation sites is 1. The fraction of sp³-hybridized carbons (Fsp3) is 0.0741. The van der Waals surface area contributed by atoms with Crippen LogP contribution in [0.4, 0.5) is 5.82 Å². The van der Waals surface area contributed by atoms with Gasteiger partial charge >= 0.3 is 0 Å². The minimum Gasteiger partial charge on any atom is -0.368 e. The molecule has 0 saturated heterocycles. The Hall–Kier alpha value is -4.65. The van der Waals surface area contributed by atoms with Gasteiger partial charge < -0.3 is 5.32 Å². The van der Waals surface area contributed by atoms with Gasteiger partial charge in [-0.2, -0.15) is 4.98 Å².